The van der Waals surface area contributed by atoms with E-state index in [1.54, 1.807) is 6.92 Å². The van der Waals surface area contributed by atoms with E-state index in [1.807, 2.05) is 17.0 Å². The summed E-state index contributed by atoms with van der Waals surface area (Å²) in [4.78, 5) is 27.2. The number of hydrogen-bond acceptors (Lipinski definition) is 2. The van der Waals surface area contributed by atoms with Crippen molar-refractivity contribution in [1.29, 1.82) is 0 Å². The normalized spacial score (nSPS) is 23.1. The molecule has 3 aliphatic rings. The van der Waals surface area contributed by atoms with Crippen LogP contribution in [0.2, 0.25) is 0 Å². The van der Waals surface area contributed by atoms with Gasteiger partial charge in [0.15, 0.2) is 0 Å². The lowest BCUT2D eigenvalue weighted by molar-refractivity contribution is -0.134. The highest BCUT2D eigenvalue weighted by Crippen LogP contribution is 2.53. The Morgan fingerprint density at radius 1 is 1.00 bits per heavy atom. The Morgan fingerprint density at radius 2 is 1.63 bits per heavy atom. The van der Waals surface area contributed by atoms with Gasteiger partial charge in [0.25, 0.3) is 5.91 Å². The van der Waals surface area contributed by atoms with Gasteiger partial charge in [-0.25, -0.2) is 0 Å². The van der Waals surface area contributed by atoms with Crippen molar-refractivity contribution < 1.29 is 9.59 Å². The first-order chi connectivity index (χ1) is 13.1. The number of rotatable bonds is 4. The predicted octanol–water partition coefficient (Wildman–Crippen LogP) is 4.26. The Hall–Kier alpha value is -1.84. The molecule has 1 N–H and O–H groups in total. The average Bonchev–Trinajstić information content (AvgIpc) is 3.47. The van der Waals surface area contributed by atoms with Crippen LogP contribution in [0.3, 0.4) is 0 Å². The monoisotopic (exact) mass is 368 g/mol. The van der Waals surface area contributed by atoms with Crippen LogP contribution in [0.4, 0.5) is 0 Å². The molecule has 27 heavy (non-hydrogen) atoms. The van der Waals surface area contributed by atoms with Crippen LogP contribution in [0.5, 0.6) is 0 Å². The fraction of sp³-hybridized carbons (Fsp3) is 0.652. The number of carbonyl (C=O) groups is 2. The third kappa shape index (κ3) is 4.20. The largest absolute Gasteiger partial charge is 0.341 e. The minimum absolute atomic E-state index is 0.0534. The van der Waals surface area contributed by atoms with E-state index >= 15 is 0 Å². The van der Waals surface area contributed by atoms with Gasteiger partial charge in [-0.05, 0) is 74.5 Å². The van der Waals surface area contributed by atoms with E-state index in [0.29, 0.717) is 16.9 Å². The number of likely N-dealkylation sites (tertiary alicyclic amines) is 1. The molecular weight excluding hydrogens is 336 g/mol. The molecule has 1 aliphatic heterocycles. The van der Waals surface area contributed by atoms with Crippen molar-refractivity contribution in [3.05, 3.63) is 35.4 Å². The molecule has 0 bridgehead atoms. The van der Waals surface area contributed by atoms with E-state index in [0.717, 1.165) is 25.9 Å². The Morgan fingerprint density at radius 3 is 2.22 bits per heavy atom. The maximum atomic E-state index is 12.7. The molecule has 0 aromatic heterocycles. The summed E-state index contributed by atoms with van der Waals surface area (Å²) < 4.78 is 0. The number of nitrogens with zero attached hydrogens (tertiary/aromatic N) is 1. The number of benzene rings is 1. The first-order valence-electron chi connectivity index (χ1n) is 10.8. The number of piperidine rings is 1. The second-order valence-electron chi connectivity index (χ2n) is 8.98. The summed E-state index contributed by atoms with van der Waals surface area (Å²) in [7, 11) is 0. The van der Waals surface area contributed by atoms with Crippen LogP contribution in [-0.4, -0.2) is 35.8 Å². The van der Waals surface area contributed by atoms with Gasteiger partial charge in [-0.2, -0.15) is 0 Å². The summed E-state index contributed by atoms with van der Waals surface area (Å²) in [5, 5.41) is 2.90. The molecule has 2 aliphatic carbocycles. The van der Waals surface area contributed by atoms with Crippen LogP contribution in [0.25, 0.3) is 0 Å². The van der Waals surface area contributed by atoms with Crippen LogP contribution in [0.15, 0.2) is 24.3 Å². The van der Waals surface area contributed by atoms with Gasteiger partial charge in [0.05, 0.1) is 0 Å². The lowest BCUT2D eigenvalue weighted by Gasteiger charge is -2.33. The predicted molar refractivity (Wildman–Crippen MR) is 107 cm³/mol. The van der Waals surface area contributed by atoms with E-state index in [-0.39, 0.29) is 11.8 Å². The average molecular weight is 369 g/mol. The zero-order valence-corrected chi connectivity index (χ0v) is 16.5. The summed E-state index contributed by atoms with van der Waals surface area (Å²) in [5.41, 5.74) is 2.55. The van der Waals surface area contributed by atoms with Gasteiger partial charge in [0.1, 0.15) is 6.04 Å². The molecule has 2 saturated carbocycles. The van der Waals surface area contributed by atoms with Gasteiger partial charge in [-0.1, -0.05) is 31.4 Å². The Bertz CT molecular complexity index is 677. The Balaban J connectivity index is 1.30. The smallest absolute Gasteiger partial charge is 0.251 e. The fourth-order valence-corrected chi connectivity index (χ4v) is 4.84. The zero-order valence-electron chi connectivity index (χ0n) is 16.5. The van der Waals surface area contributed by atoms with Crippen molar-refractivity contribution in [2.45, 2.75) is 76.7 Å². The molecule has 146 valence electrons. The lowest BCUT2D eigenvalue weighted by atomic mass is 9.84. The third-order valence-corrected chi connectivity index (χ3v) is 7.06. The highest BCUT2D eigenvalue weighted by molar-refractivity contribution is 5.97. The van der Waals surface area contributed by atoms with Crippen LogP contribution < -0.4 is 5.32 Å². The number of carbonyl (C=O) groups excluding carboxylic acids is 2. The number of hydrogen-bond donors (Lipinski definition) is 1. The van der Waals surface area contributed by atoms with Gasteiger partial charge in [-0.15, -0.1) is 0 Å². The summed E-state index contributed by atoms with van der Waals surface area (Å²) in [6, 6.07) is 7.54. The molecule has 3 fully saturated rings. The van der Waals surface area contributed by atoms with Crippen LogP contribution in [0.1, 0.15) is 86.6 Å². The molecule has 4 rings (SSSR count). The number of amides is 2. The zero-order chi connectivity index (χ0) is 18.9. The van der Waals surface area contributed by atoms with E-state index in [1.165, 1.54) is 50.5 Å². The lowest BCUT2D eigenvalue weighted by Crippen LogP contribution is -2.49. The van der Waals surface area contributed by atoms with Crippen LogP contribution in [-0.2, 0) is 4.79 Å². The molecule has 1 atom stereocenters. The fourth-order valence-electron chi connectivity index (χ4n) is 4.84. The molecule has 1 spiro atoms. The quantitative estimate of drug-likeness (QED) is 0.863. The summed E-state index contributed by atoms with van der Waals surface area (Å²) in [6.07, 6.45) is 11.4. The van der Waals surface area contributed by atoms with E-state index in [4.69, 9.17) is 0 Å². The van der Waals surface area contributed by atoms with Crippen molar-refractivity contribution in [2.24, 2.45) is 5.41 Å². The Labute approximate surface area is 162 Å². The van der Waals surface area contributed by atoms with E-state index in [2.05, 4.69) is 17.4 Å². The number of nitrogens with one attached hydrogen (secondary N) is 1. The molecule has 1 aromatic rings. The van der Waals surface area contributed by atoms with Gasteiger partial charge in [-0.3, -0.25) is 9.59 Å². The second-order valence-corrected chi connectivity index (χ2v) is 8.98. The first kappa shape index (κ1) is 18.5. The first-order valence-corrected chi connectivity index (χ1v) is 10.8. The van der Waals surface area contributed by atoms with Crippen molar-refractivity contribution in [3.63, 3.8) is 0 Å². The summed E-state index contributed by atoms with van der Waals surface area (Å²) >= 11 is 0. The minimum atomic E-state index is -0.469. The van der Waals surface area contributed by atoms with Crippen molar-refractivity contribution in [1.82, 2.24) is 10.2 Å². The molecule has 0 unspecified atom stereocenters. The highest BCUT2D eigenvalue weighted by Gasteiger charge is 2.45. The van der Waals surface area contributed by atoms with Gasteiger partial charge in [0.2, 0.25) is 5.91 Å². The van der Waals surface area contributed by atoms with Crippen molar-refractivity contribution in [2.75, 3.05) is 13.1 Å². The molecule has 1 heterocycles. The van der Waals surface area contributed by atoms with E-state index < -0.39 is 6.04 Å². The molecular formula is C23H32N2O2. The molecule has 1 saturated heterocycles. The standard InChI is InChI=1S/C23H32N2O2/c1-17(22(27)25-15-13-23(11-12-23)14-16-25)24-21(26)20-9-7-19(8-10-20)18-5-3-2-4-6-18/h7-10,17-18H,2-6,11-16H2,1H3,(H,24,26)/t17-/m0/s1. The van der Waals surface area contributed by atoms with Gasteiger partial charge < -0.3 is 10.2 Å². The molecule has 2 amide bonds. The summed E-state index contributed by atoms with van der Waals surface area (Å²) in [6.45, 7) is 3.49. The van der Waals surface area contributed by atoms with Crippen molar-refractivity contribution in [3.8, 4) is 0 Å². The minimum Gasteiger partial charge on any atom is -0.341 e. The summed E-state index contributed by atoms with van der Waals surface area (Å²) in [5.74, 6) is 0.546. The maximum Gasteiger partial charge on any atom is 0.251 e. The van der Waals surface area contributed by atoms with E-state index in [9.17, 15) is 9.59 Å². The van der Waals surface area contributed by atoms with Gasteiger partial charge >= 0.3 is 0 Å². The SMILES string of the molecule is C[C@H](NC(=O)c1ccc(C2CCCCC2)cc1)C(=O)N1CCC2(CC1)CC2. The molecule has 1 aromatic carbocycles. The molecule has 0 radical (unpaired) electrons. The van der Waals surface area contributed by atoms with Crippen LogP contribution >= 0.6 is 0 Å². The maximum absolute atomic E-state index is 12.7. The highest BCUT2D eigenvalue weighted by atomic mass is 16.2. The third-order valence-electron chi connectivity index (χ3n) is 7.06. The van der Waals surface area contributed by atoms with Crippen molar-refractivity contribution >= 4 is 11.8 Å². The topological polar surface area (TPSA) is 49.4 Å². The van der Waals surface area contributed by atoms with Gasteiger partial charge in [0, 0.05) is 18.7 Å². The molecule has 4 nitrogen and oxygen atoms in total. The van der Waals surface area contributed by atoms with Crippen LogP contribution in [0, 0.1) is 5.41 Å². The second kappa shape index (κ2) is 7.65. The molecule has 4 heteroatoms. The Kier molecular flexibility index (Phi) is 5.25.